The van der Waals surface area contributed by atoms with E-state index >= 15 is 0 Å². The van der Waals surface area contributed by atoms with Crippen LogP contribution in [0.25, 0.3) is 10.2 Å². The van der Waals surface area contributed by atoms with Crippen molar-refractivity contribution >= 4 is 38.4 Å². The van der Waals surface area contributed by atoms with Crippen LogP contribution in [0.4, 0.5) is 0 Å². The molecule has 7 heteroatoms. The largest absolute Gasteiger partial charge is 0.312 e. The van der Waals surface area contributed by atoms with Gasteiger partial charge in [0.1, 0.15) is 0 Å². The fourth-order valence-electron chi connectivity index (χ4n) is 2.52. The van der Waals surface area contributed by atoms with E-state index < -0.39 is 0 Å². The summed E-state index contributed by atoms with van der Waals surface area (Å²) in [6.07, 6.45) is 0.485. The number of aromatic nitrogens is 3. The normalized spacial score (nSPS) is 11.3. The van der Waals surface area contributed by atoms with Crippen LogP contribution in [0.2, 0.25) is 0 Å². The Labute approximate surface area is 149 Å². The first kappa shape index (κ1) is 17.1. The van der Waals surface area contributed by atoms with Gasteiger partial charge in [-0.25, -0.2) is 4.98 Å². The van der Waals surface area contributed by atoms with Gasteiger partial charge in [-0.15, -0.1) is 11.3 Å². The molecule has 3 aromatic rings. The molecule has 0 atom stereocenters. The van der Waals surface area contributed by atoms with E-state index in [9.17, 15) is 4.79 Å². The van der Waals surface area contributed by atoms with Crippen LogP contribution in [-0.2, 0) is 18.4 Å². The maximum Gasteiger partial charge on any atom is 0.197 e. The number of fused-ring (bicyclic) bond motifs is 1. The van der Waals surface area contributed by atoms with Gasteiger partial charge in [0.2, 0.25) is 0 Å². The fraction of sp³-hybridized carbons (Fsp3) is 0.353. The SMILES string of the molecule is Cc1nn(C)c(C)c1CNCCC(=O)Sc1nc2ccccc2s1. The highest BCUT2D eigenvalue weighted by atomic mass is 32.2. The Hall–Kier alpha value is -1.70. The number of aryl methyl sites for hydroxylation is 2. The molecule has 0 aliphatic heterocycles. The third-order valence-corrected chi connectivity index (χ3v) is 5.97. The molecule has 0 saturated carbocycles. The quantitative estimate of drug-likeness (QED) is 0.539. The van der Waals surface area contributed by atoms with Gasteiger partial charge in [-0.3, -0.25) is 9.48 Å². The Morgan fingerprint density at radius 3 is 2.83 bits per heavy atom. The van der Waals surface area contributed by atoms with Crippen LogP contribution in [-0.4, -0.2) is 26.4 Å². The highest BCUT2D eigenvalue weighted by molar-refractivity contribution is 8.15. The second kappa shape index (κ2) is 7.46. The van der Waals surface area contributed by atoms with E-state index in [-0.39, 0.29) is 5.12 Å². The number of hydrogen-bond acceptors (Lipinski definition) is 6. The van der Waals surface area contributed by atoms with Gasteiger partial charge in [0.15, 0.2) is 9.45 Å². The van der Waals surface area contributed by atoms with E-state index in [1.807, 2.05) is 42.9 Å². The summed E-state index contributed by atoms with van der Waals surface area (Å²) in [7, 11) is 1.95. The van der Waals surface area contributed by atoms with Crippen LogP contribution in [0.15, 0.2) is 28.6 Å². The molecule has 0 bridgehead atoms. The minimum Gasteiger partial charge on any atom is -0.312 e. The summed E-state index contributed by atoms with van der Waals surface area (Å²) in [6.45, 7) is 5.47. The molecule has 126 valence electrons. The van der Waals surface area contributed by atoms with E-state index in [0.29, 0.717) is 13.0 Å². The molecule has 24 heavy (non-hydrogen) atoms. The van der Waals surface area contributed by atoms with Crippen molar-refractivity contribution < 1.29 is 4.79 Å². The maximum atomic E-state index is 12.1. The third-order valence-electron chi connectivity index (χ3n) is 3.94. The minimum absolute atomic E-state index is 0.140. The molecular formula is C17H20N4OS2. The minimum atomic E-state index is 0.140. The summed E-state index contributed by atoms with van der Waals surface area (Å²) in [5.41, 5.74) is 4.37. The second-order valence-electron chi connectivity index (χ2n) is 5.62. The van der Waals surface area contributed by atoms with Gasteiger partial charge in [0, 0.05) is 37.8 Å². The number of hydrogen-bond donors (Lipinski definition) is 1. The van der Waals surface area contributed by atoms with Crippen LogP contribution in [0.1, 0.15) is 23.4 Å². The summed E-state index contributed by atoms with van der Waals surface area (Å²) in [5, 5.41) is 7.88. The van der Waals surface area contributed by atoms with Gasteiger partial charge >= 0.3 is 0 Å². The van der Waals surface area contributed by atoms with Gasteiger partial charge in [0.05, 0.1) is 15.9 Å². The van der Waals surface area contributed by atoms with Crippen molar-refractivity contribution in [2.24, 2.45) is 7.05 Å². The number of benzene rings is 1. The lowest BCUT2D eigenvalue weighted by Gasteiger charge is -2.04. The number of carbonyl (C=O) groups is 1. The van der Waals surface area contributed by atoms with Gasteiger partial charge in [-0.1, -0.05) is 12.1 Å². The van der Waals surface area contributed by atoms with Crippen molar-refractivity contribution in [3.05, 3.63) is 41.2 Å². The van der Waals surface area contributed by atoms with Crippen molar-refractivity contribution in [2.75, 3.05) is 6.54 Å². The van der Waals surface area contributed by atoms with E-state index in [0.717, 1.165) is 32.5 Å². The van der Waals surface area contributed by atoms with Crippen molar-refractivity contribution in [3.63, 3.8) is 0 Å². The smallest absolute Gasteiger partial charge is 0.197 e. The molecule has 1 aromatic carbocycles. The summed E-state index contributed by atoms with van der Waals surface area (Å²) in [4.78, 5) is 16.6. The molecule has 1 N–H and O–H groups in total. The number of carbonyl (C=O) groups excluding carboxylic acids is 1. The van der Waals surface area contributed by atoms with Gasteiger partial charge in [-0.2, -0.15) is 5.10 Å². The summed E-state index contributed by atoms with van der Waals surface area (Å²) >= 11 is 2.81. The molecule has 0 aliphatic carbocycles. The molecule has 0 fully saturated rings. The van der Waals surface area contributed by atoms with Crippen molar-refractivity contribution in [2.45, 2.75) is 31.2 Å². The van der Waals surface area contributed by atoms with Crippen LogP contribution in [0, 0.1) is 13.8 Å². The molecule has 0 spiro atoms. The number of rotatable bonds is 6. The van der Waals surface area contributed by atoms with E-state index in [1.165, 1.54) is 17.3 Å². The monoisotopic (exact) mass is 360 g/mol. The Bertz CT molecular complexity index is 836. The Morgan fingerprint density at radius 1 is 1.33 bits per heavy atom. The van der Waals surface area contributed by atoms with Crippen molar-refractivity contribution in [1.29, 1.82) is 0 Å². The lowest BCUT2D eigenvalue weighted by atomic mass is 10.2. The number of para-hydroxylation sites is 1. The van der Waals surface area contributed by atoms with E-state index in [4.69, 9.17) is 0 Å². The fourth-order valence-corrected chi connectivity index (χ4v) is 4.47. The predicted molar refractivity (Wildman–Crippen MR) is 99.5 cm³/mol. The molecule has 5 nitrogen and oxygen atoms in total. The molecule has 2 aromatic heterocycles. The average molecular weight is 361 g/mol. The lowest BCUT2D eigenvalue weighted by molar-refractivity contribution is -0.110. The number of thioether (sulfide) groups is 1. The van der Waals surface area contributed by atoms with Crippen LogP contribution in [0.3, 0.4) is 0 Å². The summed E-state index contributed by atoms with van der Waals surface area (Å²) in [5.74, 6) is 0. The van der Waals surface area contributed by atoms with E-state index in [1.54, 1.807) is 11.3 Å². The highest BCUT2D eigenvalue weighted by Gasteiger charge is 2.11. The first-order valence-electron chi connectivity index (χ1n) is 7.80. The molecule has 0 aliphatic rings. The standard InChI is InChI=1S/C17H20N4OS2/c1-11-13(12(2)21(3)20-11)10-18-9-8-16(22)24-17-19-14-6-4-5-7-15(14)23-17/h4-7,18H,8-10H2,1-3H3. The first-order chi connectivity index (χ1) is 11.5. The van der Waals surface area contributed by atoms with E-state index in [2.05, 4.69) is 22.3 Å². The Balaban J connectivity index is 1.47. The molecule has 0 amide bonds. The molecule has 0 radical (unpaired) electrons. The lowest BCUT2D eigenvalue weighted by Crippen LogP contribution is -2.17. The average Bonchev–Trinajstić information content (AvgIpc) is 3.05. The van der Waals surface area contributed by atoms with Crippen LogP contribution < -0.4 is 5.32 Å². The van der Waals surface area contributed by atoms with Gasteiger partial charge < -0.3 is 5.32 Å². The van der Waals surface area contributed by atoms with Gasteiger partial charge in [0.25, 0.3) is 0 Å². The number of thiazole rings is 1. The second-order valence-corrected chi connectivity index (χ2v) is 7.96. The summed E-state index contributed by atoms with van der Waals surface area (Å²) in [6, 6.07) is 7.95. The van der Waals surface area contributed by atoms with Crippen molar-refractivity contribution in [3.8, 4) is 0 Å². The van der Waals surface area contributed by atoms with Gasteiger partial charge in [-0.05, 0) is 37.7 Å². The topological polar surface area (TPSA) is 59.8 Å². The Kier molecular flexibility index (Phi) is 5.33. The van der Waals surface area contributed by atoms with Crippen LogP contribution >= 0.6 is 23.1 Å². The van der Waals surface area contributed by atoms with Crippen molar-refractivity contribution in [1.82, 2.24) is 20.1 Å². The molecule has 2 heterocycles. The Morgan fingerprint density at radius 2 is 2.12 bits per heavy atom. The number of nitrogens with zero attached hydrogens (tertiary/aromatic N) is 3. The molecule has 3 rings (SSSR count). The third kappa shape index (κ3) is 3.85. The zero-order chi connectivity index (χ0) is 17.1. The zero-order valence-corrected chi connectivity index (χ0v) is 15.6. The maximum absolute atomic E-state index is 12.1. The predicted octanol–water partition coefficient (Wildman–Crippen LogP) is 3.45. The number of nitrogens with one attached hydrogen (secondary N) is 1. The first-order valence-corrected chi connectivity index (χ1v) is 9.44. The molecular weight excluding hydrogens is 340 g/mol. The molecule has 0 saturated heterocycles. The summed E-state index contributed by atoms with van der Waals surface area (Å²) < 4.78 is 3.83. The highest BCUT2D eigenvalue weighted by Crippen LogP contribution is 2.30. The molecule has 0 unspecified atom stereocenters. The zero-order valence-electron chi connectivity index (χ0n) is 14.0. The van der Waals surface area contributed by atoms with Crippen LogP contribution in [0.5, 0.6) is 0 Å².